The summed E-state index contributed by atoms with van der Waals surface area (Å²) in [4.78, 5) is 0. The topological polar surface area (TPSA) is 32.3 Å². The molecule has 15 heavy (non-hydrogen) atoms. The minimum absolute atomic E-state index is 0.378. The normalized spacial score (nSPS) is 29.8. The lowest BCUT2D eigenvalue weighted by Gasteiger charge is -2.40. The van der Waals surface area contributed by atoms with Crippen LogP contribution < -0.4 is 5.32 Å². The largest absolute Gasteiger partial charge is 0.396 e. The lowest BCUT2D eigenvalue weighted by molar-refractivity contribution is 0.107. The SMILES string of the molecule is OCCCC(C1CCC1)C1CCCNC1. The van der Waals surface area contributed by atoms with Crippen molar-refractivity contribution in [3.8, 4) is 0 Å². The highest BCUT2D eigenvalue weighted by Crippen LogP contribution is 2.41. The minimum Gasteiger partial charge on any atom is -0.396 e. The van der Waals surface area contributed by atoms with Crippen LogP contribution in [0.1, 0.15) is 44.9 Å². The van der Waals surface area contributed by atoms with Crippen molar-refractivity contribution in [2.24, 2.45) is 17.8 Å². The molecular formula is C13H25NO. The van der Waals surface area contributed by atoms with E-state index in [4.69, 9.17) is 5.11 Å². The Morgan fingerprint density at radius 1 is 1.13 bits per heavy atom. The Labute approximate surface area is 93.5 Å². The lowest BCUT2D eigenvalue weighted by Crippen LogP contribution is -2.38. The molecule has 2 aliphatic rings. The first-order valence-corrected chi connectivity index (χ1v) is 6.73. The Hall–Kier alpha value is -0.0800. The molecule has 1 aliphatic heterocycles. The first-order chi connectivity index (χ1) is 7.42. The Morgan fingerprint density at radius 2 is 1.93 bits per heavy atom. The van der Waals surface area contributed by atoms with Crippen LogP contribution in [0.3, 0.4) is 0 Å². The van der Waals surface area contributed by atoms with Gasteiger partial charge < -0.3 is 10.4 Å². The summed E-state index contributed by atoms with van der Waals surface area (Å²) in [6.45, 7) is 2.82. The van der Waals surface area contributed by atoms with Crippen molar-refractivity contribution < 1.29 is 5.11 Å². The molecular weight excluding hydrogens is 186 g/mol. The van der Waals surface area contributed by atoms with Gasteiger partial charge in [-0.15, -0.1) is 0 Å². The van der Waals surface area contributed by atoms with Gasteiger partial charge in [0.2, 0.25) is 0 Å². The van der Waals surface area contributed by atoms with E-state index in [1.54, 1.807) is 0 Å². The Bertz CT molecular complexity index is 173. The summed E-state index contributed by atoms with van der Waals surface area (Å²) in [6.07, 6.45) is 9.39. The molecule has 1 saturated heterocycles. The average molecular weight is 211 g/mol. The summed E-state index contributed by atoms with van der Waals surface area (Å²) in [5.74, 6) is 2.79. The molecule has 0 aromatic heterocycles. The van der Waals surface area contributed by atoms with Crippen molar-refractivity contribution in [2.45, 2.75) is 44.9 Å². The highest BCUT2D eigenvalue weighted by molar-refractivity contribution is 4.85. The summed E-state index contributed by atoms with van der Waals surface area (Å²) >= 11 is 0. The first kappa shape index (κ1) is 11.4. The van der Waals surface area contributed by atoms with E-state index < -0.39 is 0 Å². The molecule has 0 bridgehead atoms. The summed E-state index contributed by atoms with van der Waals surface area (Å²) in [5.41, 5.74) is 0. The van der Waals surface area contributed by atoms with Gasteiger partial charge in [0.15, 0.2) is 0 Å². The van der Waals surface area contributed by atoms with Gasteiger partial charge in [-0.05, 0) is 56.5 Å². The zero-order valence-corrected chi connectivity index (χ0v) is 9.75. The van der Waals surface area contributed by atoms with Gasteiger partial charge in [-0.25, -0.2) is 0 Å². The van der Waals surface area contributed by atoms with Crippen LogP contribution in [0, 0.1) is 17.8 Å². The highest BCUT2D eigenvalue weighted by Gasteiger charge is 2.33. The van der Waals surface area contributed by atoms with E-state index in [9.17, 15) is 0 Å². The second-order valence-electron chi connectivity index (χ2n) is 5.33. The van der Waals surface area contributed by atoms with E-state index in [2.05, 4.69) is 5.32 Å². The molecule has 0 radical (unpaired) electrons. The van der Waals surface area contributed by atoms with Crippen LogP contribution in [0.4, 0.5) is 0 Å². The number of piperidine rings is 1. The van der Waals surface area contributed by atoms with Gasteiger partial charge in [-0.3, -0.25) is 0 Å². The molecule has 0 aromatic rings. The maximum absolute atomic E-state index is 8.97. The van der Waals surface area contributed by atoms with E-state index >= 15 is 0 Å². The third kappa shape index (κ3) is 2.94. The number of hydrogen-bond acceptors (Lipinski definition) is 2. The van der Waals surface area contributed by atoms with Crippen LogP contribution in [0.15, 0.2) is 0 Å². The third-order valence-corrected chi connectivity index (χ3v) is 4.39. The lowest BCUT2D eigenvalue weighted by atomic mass is 9.67. The number of aliphatic hydroxyl groups is 1. The number of hydrogen-bond donors (Lipinski definition) is 2. The van der Waals surface area contributed by atoms with E-state index in [1.807, 2.05) is 0 Å². The molecule has 2 atom stereocenters. The molecule has 0 spiro atoms. The van der Waals surface area contributed by atoms with Crippen LogP contribution in [0.5, 0.6) is 0 Å². The fourth-order valence-corrected chi connectivity index (χ4v) is 3.30. The summed E-state index contributed by atoms with van der Waals surface area (Å²) in [7, 11) is 0. The second-order valence-corrected chi connectivity index (χ2v) is 5.33. The summed E-state index contributed by atoms with van der Waals surface area (Å²) in [6, 6.07) is 0. The standard InChI is InChI=1S/C13H25NO/c15-9-3-7-13(11-4-1-5-11)12-6-2-8-14-10-12/h11-15H,1-10H2. The zero-order valence-electron chi connectivity index (χ0n) is 9.75. The number of aliphatic hydroxyl groups excluding tert-OH is 1. The molecule has 2 N–H and O–H groups in total. The van der Waals surface area contributed by atoms with Crippen LogP contribution in [0.2, 0.25) is 0 Å². The van der Waals surface area contributed by atoms with Crippen molar-refractivity contribution >= 4 is 0 Å². The molecule has 0 aromatic carbocycles. The molecule has 2 fully saturated rings. The van der Waals surface area contributed by atoms with Gasteiger partial charge in [0.05, 0.1) is 0 Å². The molecule has 1 saturated carbocycles. The second kappa shape index (κ2) is 5.86. The van der Waals surface area contributed by atoms with Gasteiger partial charge in [0, 0.05) is 6.61 Å². The van der Waals surface area contributed by atoms with Crippen LogP contribution >= 0.6 is 0 Å². The zero-order chi connectivity index (χ0) is 10.5. The van der Waals surface area contributed by atoms with Gasteiger partial charge in [0.1, 0.15) is 0 Å². The predicted octanol–water partition coefficient (Wildman–Crippen LogP) is 2.17. The Balaban J connectivity index is 1.84. The number of rotatable bonds is 5. The molecule has 0 amide bonds. The summed E-state index contributed by atoms with van der Waals surface area (Å²) < 4.78 is 0. The minimum atomic E-state index is 0.378. The Morgan fingerprint density at radius 3 is 2.47 bits per heavy atom. The van der Waals surface area contributed by atoms with Gasteiger partial charge in [-0.1, -0.05) is 19.3 Å². The van der Waals surface area contributed by atoms with Gasteiger partial charge in [-0.2, -0.15) is 0 Å². The van der Waals surface area contributed by atoms with Crippen LogP contribution in [-0.2, 0) is 0 Å². The molecule has 2 unspecified atom stereocenters. The molecule has 1 aliphatic carbocycles. The average Bonchev–Trinajstić information content (AvgIpc) is 2.22. The summed E-state index contributed by atoms with van der Waals surface area (Å²) in [5, 5.41) is 12.5. The first-order valence-electron chi connectivity index (χ1n) is 6.73. The Kier molecular flexibility index (Phi) is 4.45. The quantitative estimate of drug-likeness (QED) is 0.730. The smallest absolute Gasteiger partial charge is 0.0431 e. The van der Waals surface area contributed by atoms with Crippen LogP contribution in [0.25, 0.3) is 0 Å². The highest BCUT2D eigenvalue weighted by atomic mass is 16.2. The molecule has 88 valence electrons. The fraction of sp³-hybridized carbons (Fsp3) is 1.00. The third-order valence-electron chi connectivity index (χ3n) is 4.39. The maximum atomic E-state index is 8.97. The van der Waals surface area contributed by atoms with Crippen molar-refractivity contribution in [1.82, 2.24) is 5.32 Å². The van der Waals surface area contributed by atoms with E-state index in [-0.39, 0.29) is 0 Å². The molecule has 2 rings (SSSR count). The van der Waals surface area contributed by atoms with Crippen LogP contribution in [-0.4, -0.2) is 24.8 Å². The fourth-order valence-electron chi connectivity index (χ4n) is 3.30. The van der Waals surface area contributed by atoms with E-state index in [1.165, 1.54) is 51.6 Å². The van der Waals surface area contributed by atoms with E-state index in [0.717, 1.165) is 24.2 Å². The van der Waals surface area contributed by atoms with Crippen molar-refractivity contribution in [3.05, 3.63) is 0 Å². The maximum Gasteiger partial charge on any atom is 0.0431 e. The molecule has 2 nitrogen and oxygen atoms in total. The number of nitrogens with one attached hydrogen (secondary N) is 1. The molecule has 2 heteroatoms. The van der Waals surface area contributed by atoms with E-state index in [0.29, 0.717) is 6.61 Å². The predicted molar refractivity (Wildman–Crippen MR) is 62.7 cm³/mol. The van der Waals surface area contributed by atoms with Crippen molar-refractivity contribution in [2.75, 3.05) is 19.7 Å². The van der Waals surface area contributed by atoms with Crippen molar-refractivity contribution in [1.29, 1.82) is 0 Å². The van der Waals surface area contributed by atoms with Crippen molar-refractivity contribution in [3.63, 3.8) is 0 Å². The molecule has 1 heterocycles. The van der Waals surface area contributed by atoms with Gasteiger partial charge in [0.25, 0.3) is 0 Å². The van der Waals surface area contributed by atoms with Gasteiger partial charge >= 0.3 is 0 Å². The monoisotopic (exact) mass is 211 g/mol.